The Bertz CT molecular complexity index is 870. The molecule has 1 saturated heterocycles. The molecule has 1 fully saturated rings. The van der Waals surface area contributed by atoms with Gasteiger partial charge in [0.05, 0.1) is 6.61 Å². The maximum atomic E-state index is 14.0. The zero-order chi connectivity index (χ0) is 22.3. The summed E-state index contributed by atoms with van der Waals surface area (Å²) in [5.74, 6) is 0.199. The van der Waals surface area contributed by atoms with Crippen molar-refractivity contribution in [2.45, 2.75) is 70.5 Å². The van der Waals surface area contributed by atoms with Crippen LogP contribution in [0.5, 0.6) is 5.75 Å². The molecule has 1 amide bonds. The van der Waals surface area contributed by atoms with E-state index in [2.05, 4.69) is 12.3 Å². The molecule has 170 valence electrons. The van der Waals surface area contributed by atoms with Crippen LogP contribution in [0.15, 0.2) is 36.4 Å². The second-order valence-electron chi connectivity index (χ2n) is 8.09. The van der Waals surface area contributed by atoms with Gasteiger partial charge in [-0.3, -0.25) is 10.2 Å². The first-order valence-corrected chi connectivity index (χ1v) is 11.2. The van der Waals surface area contributed by atoms with Crippen molar-refractivity contribution in [1.82, 2.24) is 10.4 Å². The number of nitrogens with one attached hydrogen (secondary N) is 1. The molecule has 1 heterocycles. The SMILES string of the molecule is CCCCCCCCCOc1ccc([C@H](N2CCC(=O)N2)C(F)(F)F)c2ccccc12. The van der Waals surface area contributed by atoms with Crippen LogP contribution in [0.1, 0.15) is 69.9 Å². The normalized spacial score (nSPS) is 15.9. The molecule has 0 spiro atoms. The first kappa shape index (κ1) is 23.4. The molecule has 3 rings (SSSR count). The number of hydrogen-bond donors (Lipinski definition) is 1. The number of alkyl halides is 3. The van der Waals surface area contributed by atoms with Gasteiger partial charge in [0, 0.05) is 18.4 Å². The molecular weight excluding hydrogens is 405 g/mol. The lowest BCUT2D eigenvalue weighted by molar-refractivity contribution is -0.190. The summed E-state index contributed by atoms with van der Waals surface area (Å²) in [5, 5.41) is 2.13. The predicted octanol–water partition coefficient (Wildman–Crippen LogP) is 6.31. The molecule has 0 radical (unpaired) electrons. The van der Waals surface area contributed by atoms with Crippen molar-refractivity contribution in [2.24, 2.45) is 0 Å². The van der Waals surface area contributed by atoms with Gasteiger partial charge in [0.1, 0.15) is 5.75 Å². The molecule has 1 atom stereocenters. The van der Waals surface area contributed by atoms with Gasteiger partial charge in [0.2, 0.25) is 5.91 Å². The molecule has 31 heavy (non-hydrogen) atoms. The summed E-state index contributed by atoms with van der Waals surface area (Å²) >= 11 is 0. The Kier molecular flexibility index (Phi) is 8.18. The maximum Gasteiger partial charge on any atom is 0.409 e. The van der Waals surface area contributed by atoms with Crippen molar-refractivity contribution in [1.29, 1.82) is 0 Å². The van der Waals surface area contributed by atoms with Gasteiger partial charge in [-0.1, -0.05) is 75.8 Å². The quantitative estimate of drug-likeness (QED) is 0.420. The highest BCUT2D eigenvalue weighted by molar-refractivity contribution is 5.91. The molecule has 1 N–H and O–H groups in total. The largest absolute Gasteiger partial charge is 0.493 e. The van der Waals surface area contributed by atoms with Gasteiger partial charge in [0.25, 0.3) is 0 Å². The topological polar surface area (TPSA) is 41.6 Å². The Hall–Kier alpha value is -2.28. The number of amides is 1. The monoisotopic (exact) mass is 436 g/mol. The molecule has 0 aromatic heterocycles. The predicted molar refractivity (Wildman–Crippen MR) is 116 cm³/mol. The Balaban J connectivity index is 1.74. The third-order valence-electron chi connectivity index (χ3n) is 5.69. The number of ether oxygens (including phenoxy) is 1. The number of benzene rings is 2. The van der Waals surface area contributed by atoms with Crippen LogP contribution < -0.4 is 10.2 Å². The molecule has 7 heteroatoms. The fourth-order valence-corrected chi connectivity index (χ4v) is 4.11. The van der Waals surface area contributed by atoms with Crippen LogP contribution >= 0.6 is 0 Å². The number of hydrazine groups is 1. The van der Waals surface area contributed by atoms with E-state index in [1.807, 2.05) is 0 Å². The molecule has 0 saturated carbocycles. The van der Waals surface area contributed by atoms with Gasteiger partial charge >= 0.3 is 6.18 Å². The smallest absolute Gasteiger partial charge is 0.409 e. The fraction of sp³-hybridized carbons (Fsp3) is 0.542. The fourth-order valence-electron chi connectivity index (χ4n) is 4.11. The number of carbonyl (C=O) groups excluding carboxylic acids is 1. The lowest BCUT2D eigenvalue weighted by Crippen LogP contribution is -2.43. The van der Waals surface area contributed by atoms with E-state index >= 15 is 0 Å². The minimum Gasteiger partial charge on any atom is -0.493 e. The van der Waals surface area contributed by atoms with Crippen LogP contribution in [0.25, 0.3) is 10.8 Å². The Morgan fingerprint density at radius 1 is 1.00 bits per heavy atom. The highest BCUT2D eigenvalue weighted by Gasteiger charge is 2.47. The van der Waals surface area contributed by atoms with Crippen molar-refractivity contribution in [2.75, 3.05) is 13.2 Å². The highest BCUT2D eigenvalue weighted by atomic mass is 19.4. The van der Waals surface area contributed by atoms with Crippen molar-refractivity contribution >= 4 is 16.7 Å². The minimum atomic E-state index is -4.53. The number of halogens is 3. The van der Waals surface area contributed by atoms with E-state index in [0.717, 1.165) is 17.9 Å². The molecule has 1 aliphatic rings. The van der Waals surface area contributed by atoms with Gasteiger partial charge in [-0.2, -0.15) is 13.2 Å². The van der Waals surface area contributed by atoms with E-state index < -0.39 is 18.1 Å². The van der Waals surface area contributed by atoms with Crippen LogP contribution in [0, 0.1) is 0 Å². The van der Waals surface area contributed by atoms with E-state index in [1.165, 1.54) is 38.2 Å². The summed E-state index contributed by atoms with van der Waals surface area (Å²) in [6.45, 7) is 2.76. The van der Waals surface area contributed by atoms with Crippen molar-refractivity contribution < 1.29 is 22.7 Å². The lowest BCUT2D eigenvalue weighted by Gasteiger charge is -2.30. The van der Waals surface area contributed by atoms with Crippen LogP contribution in [0.3, 0.4) is 0 Å². The lowest BCUT2D eigenvalue weighted by atomic mass is 9.97. The average Bonchev–Trinajstić information content (AvgIpc) is 3.15. The zero-order valence-electron chi connectivity index (χ0n) is 18.0. The summed E-state index contributed by atoms with van der Waals surface area (Å²) in [6, 6.07) is 8.19. The van der Waals surface area contributed by atoms with Crippen LogP contribution in [-0.4, -0.2) is 30.2 Å². The minimum absolute atomic E-state index is 0.0217. The third kappa shape index (κ3) is 6.12. The van der Waals surface area contributed by atoms with E-state index in [4.69, 9.17) is 4.74 Å². The van der Waals surface area contributed by atoms with Gasteiger partial charge in [-0.25, -0.2) is 5.01 Å². The number of hydrogen-bond acceptors (Lipinski definition) is 3. The van der Waals surface area contributed by atoms with Crippen LogP contribution in [0.4, 0.5) is 13.2 Å². The van der Waals surface area contributed by atoms with Crippen molar-refractivity contribution in [3.05, 3.63) is 42.0 Å². The number of rotatable bonds is 11. The van der Waals surface area contributed by atoms with E-state index in [-0.39, 0.29) is 18.5 Å². The molecule has 1 aliphatic heterocycles. The molecule has 4 nitrogen and oxygen atoms in total. The molecule has 0 aliphatic carbocycles. The Labute approximate surface area is 181 Å². The average molecular weight is 437 g/mol. The van der Waals surface area contributed by atoms with Crippen LogP contribution in [-0.2, 0) is 4.79 Å². The maximum absolute atomic E-state index is 14.0. The molecular formula is C24H31F3N2O2. The van der Waals surface area contributed by atoms with Gasteiger partial charge in [0.15, 0.2) is 6.04 Å². The number of unbranched alkanes of at least 4 members (excludes halogenated alkanes) is 6. The third-order valence-corrected chi connectivity index (χ3v) is 5.69. The summed E-state index contributed by atoms with van der Waals surface area (Å²) < 4.78 is 47.9. The highest BCUT2D eigenvalue weighted by Crippen LogP contribution is 2.42. The Morgan fingerprint density at radius 3 is 2.32 bits per heavy atom. The van der Waals surface area contributed by atoms with E-state index in [9.17, 15) is 18.0 Å². The molecule has 2 aromatic rings. The Morgan fingerprint density at radius 2 is 1.68 bits per heavy atom. The molecule has 0 bridgehead atoms. The number of carbonyl (C=O) groups is 1. The second-order valence-corrected chi connectivity index (χ2v) is 8.09. The standard InChI is InChI=1S/C24H31F3N2O2/c1-2-3-4-5-6-7-10-17-31-21-14-13-20(18-11-8-9-12-19(18)21)23(24(25,26)27)29-16-15-22(30)28-29/h8-9,11-14,23H,2-7,10,15-17H2,1H3,(H,28,30)/t23-/m0/s1. The van der Waals surface area contributed by atoms with Gasteiger partial charge < -0.3 is 4.74 Å². The summed E-state index contributed by atoms with van der Waals surface area (Å²) in [6.07, 6.45) is 3.72. The number of fused-ring (bicyclic) bond motifs is 1. The molecule has 0 unspecified atom stereocenters. The first-order chi connectivity index (χ1) is 14.9. The second kappa shape index (κ2) is 10.8. The zero-order valence-corrected chi connectivity index (χ0v) is 18.0. The van der Waals surface area contributed by atoms with E-state index in [1.54, 1.807) is 30.3 Å². The van der Waals surface area contributed by atoms with Gasteiger partial charge in [-0.05, 0) is 23.4 Å². The molecule has 2 aromatic carbocycles. The summed E-state index contributed by atoms with van der Waals surface area (Å²) in [5.41, 5.74) is 2.47. The van der Waals surface area contributed by atoms with Crippen LogP contribution in [0.2, 0.25) is 0 Å². The van der Waals surface area contributed by atoms with Crippen molar-refractivity contribution in [3.8, 4) is 5.75 Å². The number of nitrogens with zero attached hydrogens (tertiary/aromatic N) is 1. The first-order valence-electron chi connectivity index (χ1n) is 11.2. The van der Waals surface area contributed by atoms with E-state index in [0.29, 0.717) is 23.1 Å². The summed E-state index contributed by atoms with van der Waals surface area (Å²) in [4.78, 5) is 11.5. The van der Waals surface area contributed by atoms with Gasteiger partial charge in [-0.15, -0.1) is 0 Å². The van der Waals surface area contributed by atoms with Crippen molar-refractivity contribution in [3.63, 3.8) is 0 Å². The summed E-state index contributed by atoms with van der Waals surface area (Å²) in [7, 11) is 0.